The van der Waals surface area contributed by atoms with Crippen molar-refractivity contribution in [2.24, 2.45) is 7.05 Å². The van der Waals surface area contributed by atoms with Crippen LogP contribution in [-0.4, -0.2) is 80.6 Å². The van der Waals surface area contributed by atoms with Crippen molar-refractivity contribution in [3.63, 3.8) is 0 Å². The Morgan fingerprint density at radius 1 is 1.10 bits per heavy atom. The largest absolute Gasteiger partial charge is 0.495 e. The number of nitrogens with zero attached hydrogens (tertiary/aromatic N) is 7. The summed E-state index contributed by atoms with van der Waals surface area (Å²) >= 11 is 0. The summed E-state index contributed by atoms with van der Waals surface area (Å²) in [6.45, 7) is 3.56. The normalized spacial score (nSPS) is 14.6. The van der Waals surface area contributed by atoms with Gasteiger partial charge in [-0.05, 0) is 43.2 Å². The van der Waals surface area contributed by atoms with Crippen LogP contribution in [0.25, 0.3) is 33.3 Å². The van der Waals surface area contributed by atoms with Crippen LogP contribution in [0.4, 0.5) is 11.5 Å². The molecule has 1 fully saturated rings. The second-order valence-corrected chi connectivity index (χ2v) is 10.2. The molecule has 0 unspecified atom stereocenters. The first-order chi connectivity index (χ1) is 20.0. The molecule has 1 aliphatic rings. The zero-order chi connectivity index (χ0) is 28.5. The lowest BCUT2D eigenvalue weighted by Crippen LogP contribution is -2.36. The Balaban J connectivity index is 1.30. The molecule has 5 heterocycles. The summed E-state index contributed by atoms with van der Waals surface area (Å²) in [5.41, 5.74) is 10.3. The van der Waals surface area contributed by atoms with E-state index in [1.54, 1.807) is 25.0 Å². The smallest absolute Gasteiger partial charge is 0.272 e. The summed E-state index contributed by atoms with van der Waals surface area (Å²) in [6.07, 6.45) is 5.08. The van der Waals surface area contributed by atoms with Crippen LogP contribution < -0.4 is 15.8 Å². The van der Waals surface area contributed by atoms with Crippen molar-refractivity contribution in [2.45, 2.75) is 18.9 Å². The number of fused-ring (bicyclic) bond motifs is 2. The van der Waals surface area contributed by atoms with E-state index in [9.17, 15) is 4.79 Å². The van der Waals surface area contributed by atoms with Crippen LogP contribution in [-0.2, 0) is 11.8 Å². The number of hydrogen-bond donors (Lipinski definition) is 2. The fraction of sp³-hybridized carbons (Fsp3) is 0.345. The van der Waals surface area contributed by atoms with E-state index in [0.717, 1.165) is 55.7 Å². The molecular formula is C29H33N9O3. The Morgan fingerprint density at radius 2 is 1.93 bits per heavy atom. The number of likely N-dealkylation sites (tertiary alicyclic amines) is 1. The number of anilines is 2. The number of piperidine rings is 1. The van der Waals surface area contributed by atoms with Crippen molar-refractivity contribution >= 4 is 39.5 Å². The molecule has 212 valence electrons. The number of benzene rings is 1. The first-order valence-electron chi connectivity index (χ1n) is 13.6. The van der Waals surface area contributed by atoms with E-state index >= 15 is 0 Å². The molecule has 41 heavy (non-hydrogen) atoms. The lowest BCUT2D eigenvalue weighted by atomic mass is 10.1. The van der Waals surface area contributed by atoms with Crippen LogP contribution in [0.3, 0.4) is 0 Å². The summed E-state index contributed by atoms with van der Waals surface area (Å²) in [5.74, 6) is 0.604. The maximum absolute atomic E-state index is 13.2. The van der Waals surface area contributed by atoms with Crippen LogP contribution in [0.1, 0.15) is 29.4 Å². The zero-order valence-corrected chi connectivity index (χ0v) is 23.4. The SMILES string of the molecule is COCCN1CCC(n2nc(-c3ccc(NC(=O)c4cc5cccnc5n4C)c(OC)c3)c3c(N)ncnc32)CC1. The van der Waals surface area contributed by atoms with Crippen molar-refractivity contribution in [3.05, 3.63) is 54.6 Å². The summed E-state index contributed by atoms with van der Waals surface area (Å²) in [7, 11) is 5.12. The van der Waals surface area contributed by atoms with E-state index in [-0.39, 0.29) is 11.9 Å². The molecule has 0 saturated carbocycles. The van der Waals surface area contributed by atoms with E-state index in [1.807, 2.05) is 48.1 Å². The van der Waals surface area contributed by atoms with Crippen molar-refractivity contribution in [1.29, 1.82) is 0 Å². The van der Waals surface area contributed by atoms with E-state index in [4.69, 9.17) is 20.3 Å². The van der Waals surface area contributed by atoms with Gasteiger partial charge in [0.15, 0.2) is 5.65 Å². The number of amides is 1. The first kappa shape index (κ1) is 26.7. The Labute approximate surface area is 237 Å². The Morgan fingerprint density at radius 3 is 2.68 bits per heavy atom. The molecule has 0 spiro atoms. The van der Waals surface area contributed by atoms with Crippen molar-refractivity contribution in [1.82, 2.24) is 34.2 Å². The molecule has 1 aromatic carbocycles. The highest BCUT2D eigenvalue weighted by Crippen LogP contribution is 2.37. The molecule has 1 amide bonds. The number of nitrogens with two attached hydrogens (primary N) is 1. The molecule has 4 aromatic heterocycles. The number of nitrogen functional groups attached to an aromatic ring is 1. The number of hydrogen-bond acceptors (Lipinski definition) is 9. The molecule has 0 atom stereocenters. The van der Waals surface area contributed by atoms with E-state index in [2.05, 4.69) is 25.2 Å². The van der Waals surface area contributed by atoms with E-state index in [1.165, 1.54) is 6.33 Å². The summed E-state index contributed by atoms with van der Waals surface area (Å²) in [6, 6.07) is 11.3. The van der Waals surface area contributed by atoms with E-state index in [0.29, 0.717) is 39.7 Å². The molecule has 3 N–H and O–H groups in total. The van der Waals surface area contributed by atoms with Crippen LogP contribution in [0.2, 0.25) is 0 Å². The maximum atomic E-state index is 13.2. The quantitative estimate of drug-likeness (QED) is 0.295. The highest BCUT2D eigenvalue weighted by atomic mass is 16.5. The van der Waals surface area contributed by atoms with E-state index < -0.39 is 0 Å². The first-order valence-corrected chi connectivity index (χ1v) is 13.6. The van der Waals surface area contributed by atoms with Gasteiger partial charge in [0.25, 0.3) is 5.91 Å². The number of pyridine rings is 1. The Kier molecular flexibility index (Phi) is 7.25. The second kappa shape index (κ2) is 11.1. The number of carbonyl (C=O) groups excluding carboxylic acids is 1. The second-order valence-electron chi connectivity index (χ2n) is 10.2. The number of nitrogens with one attached hydrogen (secondary N) is 1. The van der Waals surface area contributed by atoms with Gasteiger partial charge < -0.3 is 30.0 Å². The Hall–Kier alpha value is -4.55. The van der Waals surface area contributed by atoms with Crippen molar-refractivity contribution < 1.29 is 14.3 Å². The monoisotopic (exact) mass is 555 g/mol. The summed E-state index contributed by atoms with van der Waals surface area (Å²) in [4.78, 5) is 28.8. The van der Waals surface area contributed by atoms with Gasteiger partial charge in [0, 0.05) is 50.9 Å². The van der Waals surface area contributed by atoms with Crippen molar-refractivity contribution in [2.75, 3.05) is 51.5 Å². The van der Waals surface area contributed by atoms with Gasteiger partial charge >= 0.3 is 0 Å². The van der Waals surface area contributed by atoms with Gasteiger partial charge in [-0.15, -0.1) is 0 Å². The topological polar surface area (TPSA) is 138 Å². The highest BCUT2D eigenvalue weighted by molar-refractivity contribution is 6.07. The standard InChI is InChI=1S/C29H33N9O3/c1-36-22(15-19-5-4-10-31-27(19)36)29(39)34-21-7-6-18(16-23(21)41-3)25-24-26(30)32-17-33-28(24)38(35-25)20-8-11-37(12-9-20)13-14-40-2/h4-7,10,15-17,20H,8-9,11-14H2,1-3H3,(H,34,39)(H2,30,32,33). The summed E-state index contributed by atoms with van der Waals surface area (Å²) in [5, 5.41) is 9.60. The lowest BCUT2D eigenvalue weighted by molar-refractivity contribution is 0.101. The molecule has 5 aromatic rings. The van der Waals surface area contributed by atoms with Crippen LogP contribution >= 0.6 is 0 Å². The molecular weight excluding hydrogens is 522 g/mol. The third-order valence-corrected chi connectivity index (χ3v) is 7.78. The minimum absolute atomic E-state index is 0.190. The van der Waals surface area contributed by atoms with Gasteiger partial charge in [0.2, 0.25) is 0 Å². The van der Waals surface area contributed by atoms with Crippen molar-refractivity contribution in [3.8, 4) is 17.0 Å². The third kappa shape index (κ3) is 4.96. The Bertz CT molecular complexity index is 1720. The van der Waals surface area contributed by atoms with Crippen LogP contribution in [0.15, 0.2) is 48.9 Å². The average molecular weight is 556 g/mol. The zero-order valence-electron chi connectivity index (χ0n) is 23.4. The molecule has 1 aliphatic heterocycles. The van der Waals surface area contributed by atoms with Gasteiger partial charge in [-0.2, -0.15) is 5.10 Å². The number of carbonyl (C=O) groups is 1. The van der Waals surface area contributed by atoms with Gasteiger partial charge in [-0.1, -0.05) is 6.07 Å². The lowest BCUT2D eigenvalue weighted by Gasteiger charge is -2.31. The molecule has 1 saturated heterocycles. The van der Waals surface area contributed by atoms with Gasteiger partial charge in [0.1, 0.15) is 34.9 Å². The van der Waals surface area contributed by atoms with Crippen LogP contribution in [0.5, 0.6) is 5.75 Å². The maximum Gasteiger partial charge on any atom is 0.272 e. The fourth-order valence-corrected chi connectivity index (χ4v) is 5.57. The molecule has 0 bridgehead atoms. The highest BCUT2D eigenvalue weighted by Gasteiger charge is 2.26. The number of methoxy groups -OCH3 is 2. The minimum atomic E-state index is -0.263. The predicted octanol–water partition coefficient (Wildman–Crippen LogP) is 3.51. The molecule has 0 aliphatic carbocycles. The number of aromatic nitrogens is 6. The fourth-order valence-electron chi connectivity index (χ4n) is 5.57. The minimum Gasteiger partial charge on any atom is -0.495 e. The number of aryl methyl sites for hydroxylation is 1. The van der Waals surface area contributed by atoms with Crippen LogP contribution in [0, 0.1) is 0 Å². The molecule has 6 rings (SSSR count). The van der Waals surface area contributed by atoms with Gasteiger partial charge in [0.05, 0.1) is 30.8 Å². The van der Waals surface area contributed by atoms with Gasteiger partial charge in [-0.25, -0.2) is 19.6 Å². The molecule has 0 radical (unpaired) electrons. The molecule has 12 heteroatoms. The summed E-state index contributed by atoms with van der Waals surface area (Å²) < 4.78 is 14.7. The average Bonchev–Trinajstić information content (AvgIpc) is 3.56. The number of rotatable bonds is 8. The predicted molar refractivity (Wildman–Crippen MR) is 157 cm³/mol. The van der Waals surface area contributed by atoms with Gasteiger partial charge in [-0.3, -0.25) is 4.79 Å². The number of ether oxygens (including phenoxy) is 2. The third-order valence-electron chi connectivity index (χ3n) is 7.78. The molecule has 12 nitrogen and oxygen atoms in total.